The summed E-state index contributed by atoms with van der Waals surface area (Å²) >= 11 is 3.26. The van der Waals surface area contributed by atoms with E-state index in [1.165, 1.54) is 0 Å². The fraction of sp³-hybridized carbons (Fsp3) is 0.273. The largest absolute Gasteiger partial charge is 0.273 e. The molecule has 0 bridgehead atoms. The van der Waals surface area contributed by atoms with Crippen LogP contribution in [0.4, 0.5) is 0 Å². The van der Waals surface area contributed by atoms with E-state index >= 15 is 0 Å². The molecular formula is C11H13BrN2O2. The van der Waals surface area contributed by atoms with E-state index in [2.05, 4.69) is 26.8 Å². The minimum atomic E-state index is -0.346. The zero-order valence-corrected chi connectivity index (χ0v) is 10.7. The zero-order valence-electron chi connectivity index (χ0n) is 9.08. The molecule has 0 aromatic heterocycles. The number of hydrogen-bond acceptors (Lipinski definition) is 2. The quantitative estimate of drug-likeness (QED) is 0.815. The van der Waals surface area contributed by atoms with Gasteiger partial charge in [-0.25, -0.2) is 0 Å². The van der Waals surface area contributed by atoms with Crippen LogP contribution in [0.5, 0.6) is 0 Å². The van der Waals surface area contributed by atoms with E-state index in [9.17, 15) is 9.59 Å². The molecule has 0 spiro atoms. The van der Waals surface area contributed by atoms with Crippen LogP contribution in [-0.4, -0.2) is 11.8 Å². The van der Waals surface area contributed by atoms with Crippen molar-refractivity contribution in [3.63, 3.8) is 0 Å². The van der Waals surface area contributed by atoms with Gasteiger partial charge in [-0.2, -0.15) is 0 Å². The van der Waals surface area contributed by atoms with E-state index in [1.807, 2.05) is 6.07 Å². The first-order valence-electron chi connectivity index (χ1n) is 4.87. The summed E-state index contributed by atoms with van der Waals surface area (Å²) in [5, 5.41) is 0. The van der Waals surface area contributed by atoms with E-state index in [1.54, 1.807) is 32.0 Å². The summed E-state index contributed by atoms with van der Waals surface area (Å²) < 4.78 is 0.686. The number of amides is 2. The van der Waals surface area contributed by atoms with Crippen molar-refractivity contribution in [3.8, 4) is 0 Å². The Morgan fingerprint density at radius 3 is 2.38 bits per heavy atom. The van der Waals surface area contributed by atoms with Gasteiger partial charge in [-0.3, -0.25) is 20.4 Å². The minimum Gasteiger partial charge on any atom is -0.273 e. The van der Waals surface area contributed by atoms with Crippen molar-refractivity contribution in [1.82, 2.24) is 10.9 Å². The number of hydrazine groups is 1. The molecule has 2 amide bonds. The van der Waals surface area contributed by atoms with Gasteiger partial charge in [0.15, 0.2) is 0 Å². The summed E-state index contributed by atoms with van der Waals surface area (Å²) in [5.74, 6) is -0.735. The fourth-order valence-corrected chi connectivity index (χ4v) is 1.44. The van der Waals surface area contributed by atoms with Crippen molar-refractivity contribution in [2.45, 2.75) is 13.8 Å². The number of nitrogens with one attached hydrogen (secondary N) is 2. The maximum absolute atomic E-state index is 11.6. The summed E-state index contributed by atoms with van der Waals surface area (Å²) in [6.07, 6.45) is 0. The molecule has 4 nitrogen and oxygen atoms in total. The lowest BCUT2D eigenvalue weighted by atomic mass is 10.2. The van der Waals surface area contributed by atoms with E-state index in [-0.39, 0.29) is 17.7 Å². The van der Waals surface area contributed by atoms with Crippen molar-refractivity contribution in [2.75, 3.05) is 0 Å². The molecular weight excluding hydrogens is 272 g/mol. The topological polar surface area (TPSA) is 58.2 Å². The molecule has 1 rings (SSSR count). The molecule has 0 atom stereocenters. The van der Waals surface area contributed by atoms with E-state index < -0.39 is 0 Å². The molecule has 1 aromatic carbocycles. The smallest absolute Gasteiger partial charge is 0.270 e. The van der Waals surface area contributed by atoms with Gasteiger partial charge in [0.2, 0.25) is 5.91 Å². The Bertz CT molecular complexity index is 405. The standard InChI is InChI=1S/C11H13BrN2O2/c1-7(2)10(15)13-14-11(16)8-5-3-4-6-9(8)12/h3-7H,1-2H3,(H,13,15)(H,14,16). The Labute approximate surface area is 103 Å². The minimum absolute atomic E-state index is 0.167. The van der Waals surface area contributed by atoms with Gasteiger partial charge in [0.05, 0.1) is 5.56 Å². The zero-order chi connectivity index (χ0) is 12.1. The van der Waals surface area contributed by atoms with Crippen LogP contribution in [-0.2, 0) is 4.79 Å². The first-order chi connectivity index (χ1) is 7.52. The molecule has 16 heavy (non-hydrogen) atoms. The lowest BCUT2D eigenvalue weighted by Gasteiger charge is -2.09. The van der Waals surface area contributed by atoms with Crippen LogP contribution in [0.25, 0.3) is 0 Å². The number of benzene rings is 1. The number of halogens is 1. The summed E-state index contributed by atoms with van der Waals surface area (Å²) in [5.41, 5.74) is 5.18. The Morgan fingerprint density at radius 1 is 1.19 bits per heavy atom. The Morgan fingerprint density at radius 2 is 1.81 bits per heavy atom. The molecule has 0 aliphatic carbocycles. The Balaban J connectivity index is 2.60. The molecule has 5 heteroatoms. The van der Waals surface area contributed by atoms with Gasteiger partial charge < -0.3 is 0 Å². The second-order valence-electron chi connectivity index (χ2n) is 3.58. The molecule has 0 fully saturated rings. The molecule has 0 aliphatic heterocycles. The SMILES string of the molecule is CC(C)C(=O)NNC(=O)c1ccccc1Br. The predicted molar refractivity (Wildman–Crippen MR) is 64.6 cm³/mol. The predicted octanol–water partition coefficient (Wildman–Crippen LogP) is 1.87. The third kappa shape index (κ3) is 3.34. The first-order valence-corrected chi connectivity index (χ1v) is 5.66. The van der Waals surface area contributed by atoms with Gasteiger partial charge in [-0.15, -0.1) is 0 Å². The highest BCUT2D eigenvalue weighted by Crippen LogP contribution is 2.15. The van der Waals surface area contributed by atoms with Crippen LogP contribution >= 0.6 is 15.9 Å². The van der Waals surface area contributed by atoms with Crippen molar-refractivity contribution in [2.24, 2.45) is 5.92 Å². The molecule has 2 N–H and O–H groups in total. The molecule has 0 saturated heterocycles. The molecule has 1 aromatic rings. The van der Waals surface area contributed by atoms with Crippen LogP contribution in [0.3, 0.4) is 0 Å². The second kappa shape index (κ2) is 5.65. The molecule has 0 saturated carbocycles. The average Bonchev–Trinajstić information content (AvgIpc) is 2.25. The molecule has 0 radical (unpaired) electrons. The first kappa shape index (κ1) is 12.7. The highest BCUT2D eigenvalue weighted by atomic mass is 79.9. The lowest BCUT2D eigenvalue weighted by molar-refractivity contribution is -0.124. The van der Waals surface area contributed by atoms with Crippen LogP contribution in [0.1, 0.15) is 24.2 Å². The highest BCUT2D eigenvalue weighted by Gasteiger charge is 2.11. The fourth-order valence-electron chi connectivity index (χ4n) is 0.975. The number of carbonyl (C=O) groups is 2. The summed E-state index contributed by atoms with van der Waals surface area (Å²) in [4.78, 5) is 22.9. The van der Waals surface area contributed by atoms with E-state index in [4.69, 9.17) is 0 Å². The van der Waals surface area contributed by atoms with Gasteiger partial charge in [-0.1, -0.05) is 26.0 Å². The van der Waals surface area contributed by atoms with Gasteiger partial charge >= 0.3 is 0 Å². The van der Waals surface area contributed by atoms with Crippen LogP contribution in [0.15, 0.2) is 28.7 Å². The highest BCUT2D eigenvalue weighted by molar-refractivity contribution is 9.10. The van der Waals surface area contributed by atoms with E-state index in [0.29, 0.717) is 10.0 Å². The second-order valence-corrected chi connectivity index (χ2v) is 4.43. The molecule has 86 valence electrons. The molecule has 0 unspecified atom stereocenters. The van der Waals surface area contributed by atoms with Crippen LogP contribution in [0.2, 0.25) is 0 Å². The molecule has 0 heterocycles. The summed E-state index contributed by atoms with van der Waals surface area (Å²) in [6, 6.07) is 7.00. The average molecular weight is 285 g/mol. The van der Waals surface area contributed by atoms with Crippen molar-refractivity contribution >= 4 is 27.7 Å². The normalized spacial score (nSPS) is 10.0. The van der Waals surface area contributed by atoms with E-state index in [0.717, 1.165) is 0 Å². The van der Waals surface area contributed by atoms with Gasteiger partial charge in [0, 0.05) is 10.4 Å². The number of rotatable bonds is 2. The van der Waals surface area contributed by atoms with Crippen LogP contribution < -0.4 is 10.9 Å². The third-order valence-corrected chi connectivity index (χ3v) is 2.63. The third-order valence-electron chi connectivity index (χ3n) is 1.94. The number of carbonyl (C=O) groups excluding carboxylic acids is 2. The lowest BCUT2D eigenvalue weighted by Crippen LogP contribution is -2.43. The maximum Gasteiger partial charge on any atom is 0.270 e. The Hall–Kier alpha value is -1.36. The summed E-state index contributed by atoms with van der Waals surface area (Å²) in [6.45, 7) is 3.50. The van der Waals surface area contributed by atoms with Crippen LogP contribution in [0, 0.1) is 5.92 Å². The van der Waals surface area contributed by atoms with Crippen molar-refractivity contribution in [1.29, 1.82) is 0 Å². The van der Waals surface area contributed by atoms with Crippen molar-refractivity contribution < 1.29 is 9.59 Å². The van der Waals surface area contributed by atoms with Crippen molar-refractivity contribution in [3.05, 3.63) is 34.3 Å². The molecule has 0 aliphatic rings. The summed E-state index contributed by atoms with van der Waals surface area (Å²) in [7, 11) is 0. The van der Waals surface area contributed by atoms with Gasteiger partial charge in [0.1, 0.15) is 0 Å². The monoisotopic (exact) mass is 284 g/mol. The van der Waals surface area contributed by atoms with Gasteiger partial charge in [0.25, 0.3) is 5.91 Å². The maximum atomic E-state index is 11.6. The van der Waals surface area contributed by atoms with Gasteiger partial charge in [-0.05, 0) is 28.1 Å². The Kier molecular flexibility index (Phi) is 4.49. The number of hydrogen-bond donors (Lipinski definition) is 2.